The van der Waals surface area contributed by atoms with Gasteiger partial charge in [-0.15, -0.1) is 0 Å². The number of nitrogens with one attached hydrogen (secondary N) is 1. The summed E-state index contributed by atoms with van der Waals surface area (Å²) in [4.78, 5) is 24.7. The normalized spacial score (nSPS) is 19.5. The van der Waals surface area contributed by atoms with Gasteiger partial charge in [0.1, 0.15) is 6.04 Å². The fourth-order valence-corrected chi connectivity index (χ4v) is 1.82. The Labute approximate surface area is 98.9 Å². The Morgan fingerprint density at radius 2 is 2.47 bits per heavy atom. The summed E-state index contributed by atoms with van der Waals surface area (Å²) in [5.41, 5.74) is 0. The van der Waals surface area contributed by atoms with Crippen molar-refractivity contribution < 1.29 is 9.59 Å². The molecule has 0 radical (unpaired) electrons. The van der Waals surface area contributed by atoms with Gasteiger partial charge in [-0.05, 0) is 12.5 Å². The minimum absolute atomic E-state index is 0.126. The van der Waals surface area contributed by atoms with Crippen LogP contribution in [-0.2, 0) is 16.6 Å². The molecule has 0 aromatic carbocycles. The summed E-state index contributed by atoms with van der Waals surface area (Å²) in [7, 11) is 1.79. The number of aryl methyl sites for hydroxylation is 1. The Morgan fingerprint density at radius 3 is 3.06 bits per heavy atom. The van der Waals surface area contributed by atoms with Crippen LogP contribution in [0, 0.1) is 0 Å². The van der Waals surface area contributed by atoms with E-state index in [-0.39, 0.29) is 11.8 Å². The number of hydrogen-bond acceptors (Lipinski definition) is 3. The highest BCUT2D eigenvalue weighted by Gasteiger charge is 2.34. The zero-order valence-electron chi connectivity index (χ0n) is 9.59. The smallest absolute Gasteiger partial charge is 0.250 e. The number of carbonyl (C=O) groups excluding carboxylic acids is 2. The Morgan fingerprint density at radius 1 is 1.71 bits per heavy atom. The molecule has 2 rings (SSSR count). The molecular weight excluding hydrogens is 220 g/mol. The van der Waals surface area contributed by atoms with Crippen molar-refractivity contribution in [1.29, 1.82) is 0 Å². The number of rotatable bonds is 3. The zero-order chi connectivity index (χ0) is 12.4. The molecule has 6 nitrogen and oxygen atoms in total. The standard InChI is InChI=1S/C11H14N4O2/c1-3-10(16)12-8-4-7-15(11(8)17)9-5-6-14(2)13-9/h3,5-6,8H,1,4,7H2,2H3,(H,12,16). The van der Waals surface area contributed by atoms with Gasteiger partial charge in [0, 0.05) is 25.9 Å². The van der Waals surface area contributed by atoms with Gasteiger partial charge in [0.05, 0.1) is 0 Å². The third-order valence-corrected chi connectivity index (χ3v) is 2.68. The molecule has 6 heteroatoms. The second-order valence-corrected chi connectivity index (χ2v) is 3.89. The number of aromatic nitrogens is 2. The first kappa shape index (κ1) is 11.4. The Kier molecular flexibility index (Phi) is 2.95. The lowest BCUT2D eigenvalue weighted by Gasteiger charge is -2.13. The first-order valence-corrected chi connectivity index (χ1v) is 5.36. The van der Waals surface area contributed by atoms with Gasteiger partial charge in [-0.2, -0.15) is 5.10 Å². The molecular formula is C11H14N4O2. The molecule has 1 aliphatic rings. The molecule has 1 aromatic heterocycles. The third kappa shape index (κ3) is 2.20. The largest absolute Gasteiger partial charge is 0.341 e. The van der Waals surface area contributed by atoms with E-state index in [1.165, 1.54) is 0 Å². The topological polar surface area (TPSA) is 67.2 Å². The van der Waals surface area contributed by atoms with Crippen molar-refractivity contribution in [2.45, 2.75) is 12.5 Å². The molecule has 1 atom stereocenters. The highest BCUT2D eigenvalue weighted by molar-refractivity contribution is 6.01. The van der Waals surface area contributed by atoms with Crippen LogP contribution in [0.2, 0.25) is 0 Å². The number of hydrogen-bond donors (Lipinski definition) is 1. The van der Waals surface area contributed by atoms with E-state index in [2.05, 4.69) is 17.0 Å². The van der Waals surface area contributed by atoms with E-state index in [0.717, 1.165) is 6.08 Å². The van der Waals surface area contributed by atoms with E-state index in [4.69, 9.17) is 0 Å². The molecule has 1 unspecified atom stereocenters. The summed E-state index contributed by atoms with van der Waals surface area (Å²) in [6.45, 7) is 3.92. The van der Waals surface area contributed by atoms with E-state index >= 15 is 0 Å². The zero-order valence-corrected chi connectivity index (χ0v) is 9.59. The number of nitrogens with zero attached hydrogens (tertiary/aromatic N) is 3. The highest BCUT2D eigenvalue weighted by Crippen LogP contribution is 2.19. The van der Waals surface area contributed by atoms with Gasteiger partial charge in [0.2, 0.25) is 5.91 Å². The van der Waals surface area contributed by atoms with Crippen LogP contribution in [-0.4, -0.2) is 34.2 Å². The average Bonchev–Trinajstić information content (AvgIpc) is 2.87. The second-order valence-electron chi connectivity index (χ2n) is 3.89. The first-order valence-electron chi connectivity index (χ1n) is 5.36. The van der Waals surface area contributed by atoms with Gasteiger partial charge in [-0.1, -0.05) is 6.58 Å². The predicted molar refractivity (Wildman–Crippen MR) is 62.3 cm³/mol. The van der Waals surface area contributed by atoms with E-state index in [1.807, 2.05) is 0 Å². The second kappa shape index (κ2) is 4.40. The lowest BCUT2D eigenvalue weighted by atomic mass is 10.2. The maximum absolute atomic E-state index is 12.0. The maximum Gasteiger partial charge on any atom is 0.250 e. The summed E-state index contributed by atoms with van der Waals surface area (Å²) in [6.07, 6.45) is 3.53. The van der Waals surface area contributed by atoms with Crippen molar-refractivity contribution in [2.24, 2.45) is 7.05 Å². The van der Waals surface area contributed by atoms with Crippen molar-refractivity contribution in [3.8, 4) is 0 Å². The third-order valence-electron chi connectivity index (χ3n) is 2.68. The molecule has 0 bridgehead atoms. The van der Waals surface area contributed by atoms with Gasteiger partial charge < -0.3 is 5.32 Å². The molecule has 1 saturated heterocycles. The van der Waals surface area contributed by atoms with Crippen LogP contribution in [0.4, 0.5) is 5.82 Å². The van der Waals surface area contributed by atoms with Crippen LogP contribution < -0.4 is 10.2 Å². The maximum atomic E-state index is 12.0. The van der Waals surface area contributed by atoms with E-state index in [1.54, 1.807) is 28.9 Å². The quantitative estimate of drug-likeness (QED) is 0.738. The SMILES string of the molecule is C=CC(=O)NC1CCN(c2ccn(C)n2)C1=O. The number of anilines is 1. The van der Waals surface area contributed by atoms with Gasteiger partial charge in [-0.25, -0.2) is 0 Å². The van der Waals surface area contributed by atoms with E-state index in [0.29, 0.717) is 18.8 Å². The van der Waals surface area contributed by atoms with Crippen LogP contribution >= 0.6 is 0 Å². The summed E-state index contributed by atoms with van der Waals surface area (Å²) >= 11 is 0. The monoisotopic (exact) mass is 234 g/mol. The summed E-state index contributed by atoms with van der Waals surface area (Å²) < 4.78 is 1.64. The van der Waals surface area contributed by atoms with Crippen molar-refractivity contribution in [2.75, 3.05) is 11.4 Å². The number of carbonyl (C=O) groups is 2. The molecule has 1 aliphatic heterocycles. The molecule has 0 saturated carbocycles. The first-order chi connectivity index (χ1) is 8.11. The fourth-order valence-electron chi connectivity index (χ4n) is 1.82. The van der Waals surface area contributed by atoms with E-state index in [9.17, 15) is 9.59 Å². The molecule has 1 fully saturated rings. The Balaban J connectivity index is 2.07. The lowest BCUT2D eigenvalue weighted by Crippen LogP contribution is -2.40. The molecule has 1 N–H and O–H groups in total. The lowest BCUT2D eigenvalue weighted by molar-refractivity contribution is -0.123. The summed E-state index contributed by atoms with van der Waals surface area (Å²) in [5, 5.41) is 6.77. The fraction of sp³-hybridized carbons (Fsp3) is 0.364. The summed E-state index contributed by atoms with van der Waals surface area (Å²) in [6, 6.07) is 1.30. The molecule has 17 heavy (non-hydrogen) atoms. The molecule has 90 valence electrons. The molecule has 2 amide bonds. The van der Waals surface area contributed by atoms with Gasteiger partial charge in [-0.3, -0.25) is 19.2 Å². The van der Waals surface area contributed by atoms with Crippen LogP contribution in [0.15, 0.2) is 24.9 Å². The minimum atomic E-state index is -0.470. The van der Waals surface area contributed by atoms with E-state index < -0.39 is 6.04 Å². The van der Waals surface area contributed by atoms with Crippen molar-refractivity contribution in [3.63, 3.8) is 0 Å². The predicted octanol–water partition coefficient (Wildman–Crippen LogP) is -0.172. The molecule has 2 heterocycles. The van der Waals surface area contributed by atoms with Gasteiger partial charge in [0.25, 0.3) is 5.91 Å². The Hall–Kier alpha value is -2.11. The van der Waals surface area contributed by atoms with Crippen LogP contribution in [0.25, 0.3) is 0 Å². The van der Waals surface area contributed by atoms with Crippen LogP contribution in [0.1, 0.15) is 6.42 Å². The Bertz CT molecular complexity index is 466. The van der Waals surface area contributed by atoms with Gasteiger partial charge in [0.15, 0.2) is 5.82 Å². The minimum Gasteiger partial charge on any atom is -0.341 e. The van der Waals surface area contributed by atoms with Crippen LogP contribution in [0.5, 0.6) is 0 Å². The highest BCUT2D eigenvalue weighted by atomic mass is 16.2. The molecule has 1 aromatic rings. The summed E-state index contributed by atoms with van der Waals surface area (Å²) in [5.74, 6) is 0.165. The van der Waals surface area contributed by atoms with Crippen molar-refractivity contribution in [1.82, 2.24) is 15.1 Å². The van der Waals surface area contributed by atoms with Gasteiger partial charge >= 0.3 is 0 Å². The van der Waals surface area contributed by atoms with Crippen molar-refractivity contribution >= 4 is 17.6 Å². The molecule has 0 aliphatic carbocycles. The van der Waals surface area contributed by atoms with Crippen LogP contribution in [0.3, 0.4) is 0 Å². The average molecular weight is 234 g/mol. The molecule has 0 spiro atoms. The van der Waals surface area contributed by atoms with Crippen molar-refractivity contribution in [3.05, 3.63) is 24.9 Å². The number of amides is 2.